The molecule has 0 bridgehead atoms. The molecule has 100 valence electrons. The van der Waals surface area contributed by atoms with Gasteiger partial charge >= 0.3 is 0 Å². The van der Waals surface area contributed by atoms with E-state index in [1.165, 1.54) is 5.56 Å². The third-order valence-electron chi connectivity index (χ3n) is 3.05. The topological polar surface area (TPSA) is 42.1 Å². The van der Waals surface area contributed by atoms with Crippen molar-refractivity contribution in [3.8, 4) is 0 Å². The van der Waals surface area contributed by atoms with Gasteiger partial charge in [0.25, 0.3) is 0 Å². The lowest BCUT2D eigenvalue weighted by Gasteiger charge is -2.20. The lowest BCUT2D eigenvalue weighted by atomic mass is 10.1. The summed E-state index contributed by atoms with van der Waals surface area (Å²) in [6.45, 7) is 2.78. The van der Waals surface area contributed by atoms with Gasteiger partial charge in [0.15, 0.2) is 0 Å². The Bertz CT molecular complexity index is 555. The summed E-state index contributed by atoms with van der Waals surface area (Å²) in [5.41, 5.74) is 8.24. The first kappa shape index (κ1) is 14.0. The van der Waals surface area contributed by atoms with Gasteiger partial charge in [0.05, 0.1) is 0 Å². The number of nitrogens with two attached hydrogens (primary N) is 1. The second-order valence-corrected chi connectivity index (χ2v) is 5.54. The lowest BCUT2D eigenvalue weighted by Crippen LogP contribution is -2.18. The summed E-state index contributed by atoms with van der Waals surface area (Å²) in [4.78, 5) is 6.52. The zero-order valence-electron chi connectivity index (χ0n) is 11.2. The van der Waals surface area contributed by atoms with Crippen molar-refractivity contribution in [1.29, 1.82) is 0 Å². The van der Waals surface area contributed by atoms with Crippen LogP contribution in [0.25, 0.3) is 0 Å². The molecule has 19 heavy (non-hydrogen) atoms. The Hall–Kier alpha value is -1.39. The van der Waals surface area contributed by atoms with E-state index in [1.807, 2.05) is 44.4 Å². The molecule has 0 aliphatic rings. The summed E-state index contributed by atoms with van der Waals surface area (Å²) in [5.74, 6) is 0.936. The van der Waals surface area contributed by atoms with Crippen molar-refractivity contribution < 1.29 is 0 Å². The van der Waals surface area contributed by atoms with Crippen LogP contribution in [0.15, 0.2) is 47.1 Å². The zero-order valence-corrected chi connectivity index (χ0v) is 12.8. The lowest BCUT2D eigenvalue weighted by molar-refractivity contribution is 0.809. The van der Waals surface area contributed by atoms with Gasteiger partial charge in [-0.15, -0.1) is 0 Å². The standard InChI is InChI=1S/C15H18BrN3/c1-11(17)12-7-8-18-15(9-12)19(2)10-13-5-3-4-6-14(13)16/h3-9,11H,10,17H2,1-2H3. The van der Waals surface area contributed by atoms with Crippen molar-refractivity contribution in [2.45, 2.75) is 19.5 Å². The molecule has 0 spiro atoms. The Morgan fingerprint density at radius 3 is 2.74 bits per heavy atom. The van der Waals surface area contributed by atoms with Crippen LogP contribution >= 0.6 is 15.9 Å². The van der Waals surface area contributed by atoms with Gasteiger partial charge in [-0.05, 0) is 36.2 Å². The predicted octanol–water partition coefficient (Wildman–Crippen LogP) is 3.50. The summed E-state index contributed by atoms with van der Waals surface area (Å²) in [5, 5.41) is 0. The van der Waals surface area contributed by atoms with Crippen molar-refractivity contribution >= 4 is 21.7 Å². The highest BCUT2D eigenvalue weighted by Crippen LogP contribution is 2.21. The van der Waals surface area contributed by atoms with Crippen molar-refractivity contribution in [2.75, 3.05) is 11.9 Å². The van der Waals surface area contributed by atoms with E-state index < -0.39 is 0 Å². The number of anilines is 1. The molecule has 4 heteroatoms. The van der Waals surface area contributed by atoms with Crippen LogP contribution in [0.2, 0.25) is 0 Å². The minimum Gasteiger partial charge on any atom is -0.355 e. The Labute approximate surface area is 122 Å². The van der Waals surface area contributed by atoms with Crippen molar-refractivity contribution in [3.63, 3.8) is 0 Å². The normalized spacial score (nSPS) is 12.2. The fourth-order valence-electron chi connectivity index (χ4n) is 1.89. The van der Waals surface area contributed by atoms with Crippen LogP contribution in [0.1, 0.15) is 24.1 Å². The maximum Gasteiger partial charge on any atom is 0.128 e. The van der Waals surface area contributed by atoms with E-state index in [2.05, 4.69) is 37.9 Å². The van der Waals surface area contributed by atoms with Crippen LogP contribution in [0, 0.1) is 0 Å². The number of pyridine rings is 1. The molecule has 2 aromatic rings. The van der Waals surface area contributed by atoms with Crippen molar-refractivity contribution in [3.05, 3.63) is 58.2 Å². The summed E-state index contributed by atoms with van der Waals surface area (Å²) in [6, 6.07) is 12.2. The third-order valence-corrected chi connectivity index (χ3v) is 3.83. The van der Waals surface area contributed by atoms with Crippen LogP contribution in [0.5, 0.6) is 0 Å². The van der Waals surface area contributed by atoms with Gasteiger partial charge in [-0.25, -0.2) is 4.98 Å². The second kappa shape index (κ2) is 6.17. The molecular formula is C15H18BrN3. The van der Waals surface area contributed by atoms with Gasteiger partial charge in [-0.2, -0.15) is 0 Å². The van der Waals surface area contributed by atoms with Crippen molar-refractivity contribution in [1.82, 2.24) is 4.98 Å². The molecule has 3 nitrogen and oxygen atoms in total. The maximum absolute atomic E-state index is 5.91. The monoisotopic (exact) mass is 319 g/mol. The predicted molar refractivity (Wildman–Crippen MR) is 83.1 cm³/mol. The average molecular weight is 320 g/mol. The summed E-state index contributed by atoms with van der Waals surface area (Å²) < 4.78 is 1.12. The molecule has 2 N–H and O–H groups in total. The van der Waals surface area contributed by atoms with Gasteiger partial charge in [-0.3, -0.25) is 0 Å². The fraction of sp³-hybridized carbons (Fsp3) is 0.267. The van der Waals surface area contributed by atoms with Crippen LogP contribution in [-0.2, 0) is 6.54 Å². The van der Waals surface area contributed by atoms with Gasteiger partial charge in [0, 0.05) is 30.3 Å². The number of benzene rings is 1. The summed E-state index contributed by atoms with van der Waals surface area (Å²) in [6.07, 6.45) is 1.81. The molecule has 0 saturated carbocycles. The molecule has 0 amide bonds. The average Bonchev–Trinajstić information content (AvgIpc) is 2.41. The number of aromatic nitrogens is 1. The molecule has 1 heterocycles. The van der Waals surface area contributed by atoms with Gasteiger partial charge in [-0.1, -0.05) is 34.1 Å². The molecular weight excluding hydrogens is 302 g/mol. The zero-order chi connectivity index (χ0) is 13.8. The molecule has 0 fully saturated rings. The first-order chi connectivity index (χ1) is 9.08. The first-order valence-corrected chi connectivity index (χ1v) is 7.03. The van der Waals surface area contributed by atoms with Crippen LogP contribution in [0.3, 0.4) is 0 Å². The Balaban J connectivity index is 2.18. The Morgan fingerprint density at radius 2 is 2.05 bits per heavy atom. The molecule has 0 aliphatic carbocycles. The smallest absolute Gasteiger partial charge is 0.128 e. The van der Waals surface area contributed by atoms with Gasteiger partial charge < -0.3 is 10.6 Å². The highest BCUT2D eigenvalue weighted by Gasteiger charge is 2.08. The molecule has 2 rings (SSSR count). The molecule has 0 radical (unpaired) electrons. The number of hydrogen-bond donors (Lipinski definition) is 1. The molecule has 0 saturated heterocycles. The second-order valence-electron chi connectivity index (χ2n) is 4.68. The highest BCUT2D eigenvalue weighted by atomic mass is 79.9. The van der Waals surface area contributed by atoms with E-state index in [0.29, 0.717) is 0 Å². The van der Waals surface area contributed by atoms with Crippen LogP contribution < -0.4 is 10.6 Å². The number of rotatable bonds is 4. The first-order valence-electron chi connectivity index (χ1n) is 6.24. The fourth-order valence-corrected chi connectivity index (χ4v) is 2.30. The van der Waals surface area contributed by atoms with Crippen LogP contribution in [0.4, 0.5) is 5.82 Å². The van der Waals surface area contributed by atoms with Gasteiger partial charge in [0.2, 0.25) is 0 Å². The molecule has 1 aromatic heterocycles. The largest absolute Gasteiger partial charge is 0.355 e. The van der Waals surface area contributed by atoms with E-state index in [4.69, 9.17) is 5.73 Å². The Morgan fingerprint density at radius 1 is 1.32 bits per heavy atom. The van der Waals surface area contributed by atoms with Crippen LogP contribution in [-0.4, -0.2) is 12.0 Å². The van der Waals surface area contributed by atoms with E-state index >= 15 is 0 Å². The van der Waals surface area contributed by atoms with E-state index in [0.717, 1.165) is 22.4 Å². The van der Waals surface area contributed by atoms with Crippen molar-refractivity contribution in [2.24, 2.45) is 5.73 Å². The summed E-state index contributed by atoms with van der Waals surface area (Å²) >= 11 is 3.57. The van der Waals surface area contributed by atoms with E-state index in [-0.39, 0.29) is 6.04 Å². The minimum absolute atomic E-state index is 0.0265. The molecule has 1 unspecified atom stereocenters. The number of halogens is 1. The number of hydrogen-bond acceptors (Lipinski definition) is 3. The summed E-state index contributed by atoms with van der Waals surface area (Å²) in [7, 11) is 2.03. The Kier molecular flexibility index (Phi) is 4.56. The van der Waals surface area contributed by atoms with Gasteiger partial charge in [0.1, 0.15) is 5.82 Å². The quantitative estimate of drug-likeness (QED) is 0.937. The van der Waals surface area contributed by atoms with E-state index in [1.54, 1.807) is 0 Å². The number of nitrogens with zero attached hydrogens (tertiary/aromatic N) is 2. The highest BCUT2D eigenvalue weighted by molar-refractivity contribution is 9.10. The SMILES string of the molecule is CC(N)c1ccnc(N(C)Cc2ccccc2Br)c1. The maximum atomic E-state index is 5.91. The molecule has 1 atom stereocenters. The molecule has 0 aliphatic heterocycles. The van der Waals surface area contributed by atoms with E-state index in [9.17, 15) is 0 Å². The third kappa shape index (κ3) is 3.55. The molecule has 1 aromatic carbocycles. The minimum atomic E-state index is 0.0265.